The molecule has 0 atom stereocenters. The Hall–Kier alpha value is -2.90. The first kappa shape index (κ1) is 24.7. The van der Waals surface area contributed by atoms with Crippen molar-refractivity contribution < 1.29 is 18.7 Å². The summed E-state index contributed by atoms with van der Waals surface area (Å²) in [7, 11) is 0. The van der Waals surface area contributed by atoms with Crippen LogP contribution in [0.3, 0.4) is 0 Å². The van der Waals surface area contributed by atoms with Gasteiger partial charge >= 0.3 is 6.09 Å². The molecule has 1 saturated heterocycles. The van der Waals surface area contributed by atoms with Crippen molar-refractivity contribution in [2.75, 3.05) is 31.5 Å². The number of ether oxygens (including phenoxy) is 1. The Bertz CT molecular complexity index is 1010. The topological polar surface area (TPSA) is 61.9 Å². The zero-order chi connectivity index (χ0) is 24.0. The summed E-state index contributed by atoms with van der Waals surface area (Å²) in [6, 6.07) is 11.5. The van der Waals surface area contributed by atoms with Gasteiger partial charge in [0.25, 0.3) is 0 Å². The van der Waals surface area contributed by atoms with Gasteiger partial charge in [0, 0.05) is 43.8 Å². The lowest BCUT2D eigenvalue weighted by Crippen LogP contribution is -2.47. The zero-order valence-electron chi connectivity index (χ0n) is 19.1. The minimum atomic E-state index is -0.631. The Kier molecular flexibility index (Phi) is 8.10. The number of hydrogen-bond donors (Lipinski definition) is 1. The van der Waals surface area contributed by atoms with Gasteiger partial charge < -0.3 is 9.64 Å². The fourth-order valence-corrected chi connectivity index (χ4v) is 3.61. The monoisotopic (exact) mass is 473 g/mol. The van der Waals surface area contributed by atoms with Gasteiger partial charge in [-0.1, -0.05) is 29.8 Å². The number of amides is 2. The molecule has 2 aromatic carbocycles. The fourth-order valence-electron chi connectivity index (χ4n) is 3.44. The summed E-state index contributed by atoms with van der Waals surface area (Å²) in [5, 5.41) is 3.15. The van der Waals surface area contributed by atoms with Gasteiger partial charge in [-0.2, -0.15) is 0 Å². The summed E-state index contributed by atoms with van der Waals surface area (Å²) < 4.78 is 18.4. The number of nitrogens with zero attached hydrogens (tertiary/aromatic N) is 2. The van der Waals surface area contributed by atoms with Crippen LogP contribution in [-0.2, 0) is 16.1 Å². The molecule has 0 spiro atoms. The molecule has 2 aromatic rings. The van der Waals surface area contributed by atoms with E-state index in [1.807, 2.05) is 0 Å². The third kappa shape index (κ3) is 7.87. The number of carbonyl (C=O) groups excluding carboxylic acids is 2. The number of anilines is 1. The van der Waals surface area contributed by atoms with E-state index in [4.69, 9.17) is 16.3 Å². The highest BCUT2D eigenvalue weighted by Crippen LogP contribution is 2.23. The van der Waals surface area contributed by atoms with Crippen LogP contribution in [0, 0.1) is 5.82 Å². The lowest BCUT2D eigenvalue weighted by atomic mass is 10.1. The molecule has 3 rings (SSSR count). The number of carbonyl (C=O) groups is 2. The Morgan fingerprint density at radius 1 is 1.09 bits per heavy atom. The quantitative estimate of drug-likeness (QED) is 0.607. The Morgan fingerprint density at radius 2 is 1.76 bits per heavy atom. The molecule has 0 saturated carbocycles. The molecule has 33 heavy (non-hydrogen) atoms. The number of benzene rings is 2. The van der Waals surface area contributed by atoms with Crippen LogP contribution < -0.4 is 5.32 Å². The highest BCUT2D eigenvalue weighted by atomic mass is 35.5. The molecule has 0 radical (unpaired) electrons. The van der Waals surface area contributed by atoms with Gasteiger partial charge in [0.1, 0.15) is 11.4 Å². The fraction of sp³-hybridized carbons (Fsp3) is 0.360. The number of halogens is 2. The largest absolute Gasteiger partial charge is 0.444 e. The molecule has 1 heterocycles. The van der Waals surface area contributed by atoms with E-state index in [1.165, 1.54) is 18.2 Å². The highest BCUT2D eigenvalue weighted by Gasteiger charge is 2.20. The molecule has 8 heteroatoms. The summed E-state index contributed by atoms with van der Waals surface area (Å²) in [5.41, 5.74) is 1.52. The van der Waals surface area contributed by atoms with E-state index in [2.05, 4.69) is 10.2 Å². The number of hydrogen-bond acceptors (Lipinski definition) is 4. The standard InChI is InChI=1S/C25H29ClFN3O3/c1-25(2,3)33-24(32)28-22-16-20(26)8-6-19(22)7-11-23(31)30-14-12-29(13-15-30)17-18-4-9-21(27)10-5-18/h4-11,16H,12-15,17H2,1-3H3,(H,28,32)/b11-7+. The minimum absolute atomic E-state index is 0.102. The predicted molar refractivity (Wildman–Crippen MR) is 129 cm³/mol. The van der Waals surface area contributed by atoms with Crippen LogP contribution in [0.25, 0.3) is 6.08 Å². The molecule has 0 bridgehead atoms. The van der Waals surface area contributed by atoms with E-state index < -0.39 is 11.7 Å². The van der Waals surface area contributed by atoms with Gasteiger partial charge in [0.2, 0.25) is 5.91 Å². The maximum atomic E-state index is 13.1. The second-order valence-corrected chi connectivity index (χ2v) is 9.36. The van der Waals surface area contributed by atoms with Gasteiger partial charge in [-0.3, -0.25) is 15.0 Å². The molecule has 1 N–H and O–H groups in total. The second kappa shape index (κ2) is 10.8. The van der Waals surface area contributed by atoms with Crippen LogP contribution in [0.4, 0.5) is 14.9 Å². The van der Waals surface area contributed by atoms with Crippen molar-refractivity contribution >= 4 is 35.4 Å². The maximum absolute atomic E-state index is 13.1. The van der Waals surface area contributed by atoms with Crippen LogP contribution in [0.15, 0.2) is 48.5 Å². The van der Waals surface area contributed by atoms with E-state index in [9.17, 15) is 14.0 Å². The van der Waals surface area contributed by atoms with Crippen molar-refractivity contribution in [2.45, 2.75) is 32.9 Å². The smallest absolute Gasteiger partial charge is 0.412 e. The summed E-state index contributed by atoms with van der Waals surface area (Å²) >= 11 is 6.08. The SMILES string of the molecule is CC(C)(C)OC(=O)Nc1cc(Cl)ccc1/C=C/C(=O)N1CCN(Cc2ccc(F)cc2)CC1. The van der Waals surface area contributed by atoms with E-state index >= 15 is 0 Å². The highest BCUT2D eigenvalue weighted by molar-refractivity contribution is 6.31. The summed E-state index contributed by atoms with van der Waals surface area (Å²) in [5.74, 6) is -0.347. The van der Waals surface area contributed by atoms with Gasteiger partial charge in [-0.25, -0.2) is 9.18 Å². The molecular weight excluding hydrogens is 445 g/mol. The third-order valence-electron chi connectivity index (χ3n) is 5.06. The van der Waals surface area contributed by atoms with Crippen LogP contribution in [-0.4, -0.2) is 53.6 Å². The maximum Gasteiger partial charge on any atom is 0.412 e. The Labute approximate surface area is 199 Å². The van der Waals surface area contributed by atoms with E-state index in [0.717, 1.165) is 25.2 Å². The number of nitrogens with one attached hydrogen (secondary N) is 1. The molecule has 1 aliphatic heterocycles. The normalized spacial score (nSPS) is 15.0. The first-order valence-corrected chi connectivity index (χ1v) is 11.2. The van der Waals surface area contributed by atoms with Crippen molar-refractivity contribution in [1.82, 2.24) is 9.80 Å². The van der Waals surface area contributed by atoms with Crippen molar-refractivity contribution in [1.29, 1.82) is 0 Å². The predicted octanol–water partition coefficient (Wildman–Crippen LogP) is 5.18. The molecule has 176 valence electrons. The first-order valence-electron chi connectivity index (χ1n) is 10.8. The van der Waals surface area contributed by atoms with E-state index in [1.54, 1.807) is 62.1 Å². The molecule has 1 aliphatic rings. The van der Waals surface area contributed by atoms with Crippen LogP contribution in [0.1, 0.15) is 31.9 Å². The lowest BCUT2D eigenvalue weighted by Gasteiger charge is -2.34. The van der Waals surface area contributed by atoms with Gasteiger partial charge in [0.05, 0.1) is 5.69 Å². The zero-order valence-corrected chi connectivity index (χ0v) is 19.9. The molecule has 1 fully saturated rings. The third-order valence-corrected chi connectivity index (χ3v) is 5.29. The van der Waals surface area contributed by atoms with Gasteiger partial charge in [-0.05, 0) is 62.2 Å². The van der Waals surface area contributed by atoms with Gasteiger partial charge in [0.15, 0.2) is 0 Å². The summed E-state index contributed by atoms with van der Waals surface area (Å²) in [4.78, 5) is 28.9. The van der Waals surface area contributed by atoms with Crippen LogP contribution >= 0.6 is 11.6 Å². The van der Waals surface area contributed by atoms with Gasteiger partial charge in [-0.15, -0.1) is 0 Å². The van der Waals surface area contributed by atoms with Crippen molar-refractivity contribution in [3.05, 3.63) is 70.5 Å². The Morgan fingerprint density at radius 3 is 2.39 bits per heavy atom. The van der Waals surface area contributed by atoms with Crippen LogP contribution in [0.5, 0.6) is 0 Å². The van der Waals surface area contributed by atoms with Crippen molar-refractivity contribution in [3.63, 3.8) is 0 Å². The average Bonchev–Trinajstić information content (AvgIpc) is 2.74. The molecule has 0 unspecified atom stereocenters. The van der Waals surface area contributed by atoms with E-state index in [0.29, 0.717) is 29.4 Å². The second-order valence-electron chi connectivity index (χ2n) is 8.92. The summed E-state index contributed by atoms with van der Waals surface area (Å²) in [6.45, 7) is 8.76. The van der Waals surface area contributed by atoms with Crippen molar-refractivity contribution in [3.8, 4) is 0 Å². The molecule has 6 nitrogen and oxygen atoms in total. The van der Waals surface area contributed by atoms with Crippen LogP contribution in [0.2, 0.25) is 5.02 Å². The first-order chi connectivity index (χ1) is 15.6. The molecular formula is C25H29ClFN3O3. The molecule has 0 aromatic heterocycles. The molecule has 2 amide bonds. The number of rotatable bonds is 5. The number of piperazine rings is 1. The minimum Gasteiger partial charge on any atom is -0.444 e. The van der Waals surface area contributed by atoms with Crippen molar-refractivity contribution in [2.24, 2.45) is 0 Å². The lowest BCUT2D eigenvalue weighted by molar-refractivity contribution is -0.127. The average molecular weight is 474 g/mol. The Balaban J connectivity index is 1.57. The molecule has 0 aliphatic carbocycles. The van der Waals surface area contributed by atoms with E-state index in [-0.39, 0.29) is 11.7 Å². The summed E-state index contributed by atoms with van der Waals surface area (Å²) in [6.07, 6.45) is 2.57.